The SMILES string of the molecule is CN1CCN(c2nccc3[nH]c(-c4n[nH]c5ccc(-c6cncc(NC(=O)C7CC7)c6)c(F)c45)nc23)CC1. The molecule has 1 amide bonds. The molecule has 2 aliphatic rings. The lowest BCUT2D eigenvalue weighted by molar-refractivity contribution is -0.117. The first-order chi connectivity index (χ1) is 18.5. The van der Waals surface area contributed by atoms with Gasteiger partial charge in [0.2, 0.25) is 5.91 Å². The smallest absolute Gasteiger partial charge is 0.227 e. The minimum absolute atomic E-state index is 0.0210. The lowest BCUT2D eigenvalue weighted by Gasteiger charge is -2.33. The van der Waals surface area contributed by atoms with E-state index in [0.717, 1.165) is 55.9 Å². The number of anilines is 2. The average Bonchev–Trinajstić information content (AvgIpc) is 3.54. The number of hydrogen-bond donors (Lipinski definition) is 3. The summed E-state index contributed by atoms with van der Waals surface area (Å²) in [5.74, 6) is 0.893. The minimum atomic E-state index is -0.434. The Hall–Kier alpha value is -4.38. The number of carbonyl (C=O) groups is 1. The Balaban J connectivity index is 1.27. The number of fused-ring (bicyclic) bond motifs is 2. The standard InChI is InChI=1S/C27H26FN9O/c1-36-8-10-37(11-9-36)26-23-20(6-7-30-26)32-25(33-23)24-21-19(34-35-24)5-4-18(22(21)28)16-12-17(14-29-13-16)31-27(38)15-2-3-15/h4-7,12-15H,2-3,8-11H2,1H3,(H,31,38)(H,32,33)(H,34,35). The van der Waals surface area contributed by atoms with E-state index in [0.29, 0.717) is 39.2 Å². The molecule has 192 valence electrons. The minimum Gasteiger partial charge on any atom is -0.352 e. The van der Waals surface area contributed by atoms with E-state index in [4.69, 9.17) is 4.98 Å². The first-order valence-electron chi connectivity index (χ1n) is 12.8. The summed E-state index contributed by atoms with van der Waals surface area (Å²) in [5, 5.41) is 10.6. The van der Waals surface area contributed by atoms with Crippen LogP contribution >= 0.6 is 0 Å². The van der Waals surface area contributed by atoms with E-state index in [-0.39, 0.29) is 11.8 Å². The molecule has 11 heteroatoms. The summed E-state index contributed by atoms with van der Waals surface area (Å²) in [6.07, 6.45) is 6.74. The molecule has 3 N–H and O–H groups in total. The highest BCUT2D eigenvalue weighted by Crippen LogP contribution is 2.36. The van der Waals surface area contributed by atoms with Crippen LogP contribution in [0.15, 0.2) is 42.9 Å². The molecule has 0 unspecified atom stereocenters. The third-order valence-corrected chi connectivity index (χ3v) is 7.34. The number of aromatic nitrogens is 6. The van der Waals surface area contributed by atoms with Crippen LogP contribution in [0.2, 0.25) is 0 Å². The predicted molar refractivity (Wildman–Crippen MR) is 143 cm³/mol. The van der Waals surface area contributed by atoms with E-state index in [1.807, 2.05) is 6.07 Å². The van der Waals surface area contributed by atoms with Gasteiger partial charge in [-0.3, -0.25) is 14.9 Å². The summed E-state index contributed by atoms with van der Waals surface area (Å²) in [6.45, 7) is 3.63. The van der Waals surface area contributed by atoms with Crippen molar-refractivity contribution in [3.05, 3.63) is 48.7 Å². The number of amides is 1. The van der Waals surface area contributed by atoms with Crippen molar-refractivity contribution in [3.63, 3.8) is 0 Å². The second-order valence-electron chi connectivity index (χ2n) is 10.1. The second-order valence-corrected chi connectivity index (χ2v) is 10.1. The molecule has 1 aromatic carbocycles. The van der Waals surface area contributed by atoms with Crippen molar-refractivity contribution in [2.24, 2.45) is 5.92 Å². The second kappa shape index (κ2) is 8.88. The van der Waals surface area contributed by atoms with E-state index < -0.39 is 5.82 Å². The Morgan fingerprint density at radius 3 is 2.76 bits per heavy atom. The number of rotatable bonds is 5. The summed E-state index contributed by atoms with van der Waals surface area (Å²) in [7, 11) is 2.11. The number of nitrogens with zero attached hydrogens (tertiary/aromatic N) is 6. The van der Waals surface area contributed by atoms with Gasteiger partial charge in [-0.05, 0) is 44.2 Å². The van der Waals surface area contributed by atoms with Crippen molar-refractivity contribution in [1.29, 1.82) is 0 Å². The molecule has 10 nitrogen and oxygen atoms in total. The molecule has 1 saturated carbocycles. The van der Waals surface area contributed by atoms with Gasteiger partial charge in [-0.1, -0.05) is 0 Å². The number of imidazole rings is 1. The fourth-order valence-electron chi connectivity index (χ4n) is 5.00. The maximum atomic E-state index is 16.1. The molecule has 0 bridgehead atoms. The Labute approximate surface area is 217 Å². The van der Waals surface area contributed by atoms with Crippen molar-refractivity contribution in [2.45, 2.75) is 12.8 Å². The summed E-state index contributed by atoms with van der Waals surface area (Å²) in [6, 6.07) is 7.10. The zero-order chi connectivity index (χ0) is 25.8. The highest BCUT2D eigenvalue weighted by Gasteiger charge is 2.30. The van der Waals surface area contributed by atoms with E-state index in [9.17, 15) is 4.79 Å². The van der Waals surface area contributed by atoms with E-state index in [1.54, 1.807) is 36.8 Å². The maximum absolute atomic E-state index is 16.1. The van der Waals surface area contributed by atoms with E-state index in [2.05, 4.69) is 47.3 Å². The highest BCUT2D eigenvalue weighted by atomic mass is 19.1. The van der Waals surface area contributed by atoms with Crippen molar-refractivity contribution >= 4 is 39.3 Å². The van der Waals surface area contributed by atoms with Gasteiger partial charge in [-0.2, -0.15) is 5.10 Å². The van der Waals surface area contributed by atoms with Gasteiger partial charge in [0.05, 0.1) is 28.3 Å². The van der Waals surface area contributed by atoms with Gasteiger partial charge in [0.1, 0.15) is 17.0 Å². The normalized spacial score (nSPS) is 16.4. The van der Waals surface area contributed by atoms with Crippen LogP contribution in [0.5, 0.6) is 0 Å². The van der Waals surface area contributed by atoms with Crippen LogP contribution in [-0.2, 0) is 4.79 Å². The van der Waals surface area contributed by atoms with Gasteiger partial charge < -0.3 is 20.1 Å². The zero-order valence-electron chi connectivity index (χ0n) is 20.8. The molecule has 1 saturated heterocycles. The van der Waals surface area contributed by atoms with Crippen molar-refractivity contribution in [3.8, 4) is 22.6 Å². The topological polar surface area (TPSA) is 119 Å². The average molecular weight is 512 g/mol. The lowest BCUT2D eigenvalue weighted by atomic mass is 10.0. The molecule has 1 aliphatic carbocycles. The van der Waals surface area contributed by atoms with Crippen LogP contribution in [-0.4, -0.2) is 74.2 Å². The quantitative estimate of drug-likeness (QED) is 0.328. The molecule has 0 spiro atoms. The molecule has 2 fully saturated rings. The van der Waals surface area contributed by atoms with Crippen LogP contribution in [0.3, 0.4) is 0 Å². The first kappa shape index (κ1) is 22.8. The number of pyridine rings is 2. The van der Waals surface area contributed by atoms with Gasteiger partial charge in [-0.25, -0.2) is 14.4 Å². The number of likely N-dealkylation sites (N-methyl/N-ethyl adjacent to an activating group) is 1. The fraction of sp³-hybridized carbons (Fsp3) is 0.296. The number of aromatic amines is 2. The number of H-pyrrole nitrogens is 2. The molecule has 1 aliphatic heterocycles. The van der Waals surface area contributed by atoms with Gasteiger partial charge in [0.25, 0.3) is 0 Å². The number of benzene rings is 1. The number of piperazine rings is 1. The number of halogens is 1. The Morgan fingerprint density at radius 1 is 1.11 bits per heavy atom. The van der Waals surface area contributed by atoms with Gasteiger partial charge >= 0.3 is 0 Å². The Bertz CT molecular complexity index is 1680. The molecule has 5 aromatic rings. The lowest BCUT2D eigenvalue weighted by Crippen LogP contribution is -2.44. The van der Waals surface area contributed by atoms with Crippen LogP contribution < -0.4 is 10.2 Å². The van der Waals surface area contributed by atoms with E-state index >= 15 is 4.39 Å². The summed E-state index contributed by atoms with van der Waals surface area (Å²) >= 11 is 0. The molecule has 0 radical (unpaired) electrons. The summed E-state index contributed by atoms with van der Waals surface area (Å²) in [5.41, 5.74) is 3.99. The van der Waals surface area contributed by atoms with E-state index in [1.165, 1.54) is 0 Å². The van der Waals surface area contributed by atoms with Crippen LogP contribution in [0.25, 0.3) is 44.6 Å². The number of hydrogen-bond acceptors (Lipinski definition) is 7. The number of carbonyl (C=O) groups excluding carboxylic acids is 1. The van der Waals surface area contributed by atoms with Gasteiger partial charge in [0, 0.05) is 55.6 Å². The molecule has 0 atom stereocenters. The van der Waals surface area contributed by atoms with Crippen LogP contribution in [0.1, 0.15) is 12.8 Å². The maximum Gasteiger partial charge on any atom is 0.227 e. The third-order valence-electron chi connectivity index (χ3n) is 7.34. The zero-order valence-corrected chi connectivity index (χ0v) is 20.8. The molecule has 7 rings (SSSR count). The largest absolute Gasteiger partial charge is 0.352 e. The van der Waals surface area contributed by atoms with Crippen LogP contribution in [0.4, 0.5) is 15.9 Å². The van der Waals surface area contributed by atoms with Crippen molar-refractivity contribution in [1.82, 2.24) is 35.0 Å². The molecule has 4 aromatic heterocycles. The highest BCUT2D eigenvalue weighted by molar-refractivity contribution is 5.98. The van der Waals surface area contributed by atoms with Gasteiger partial charge in [-0.15, -0.1) is 0 Å². The number of nitrogens with one attached hydrogen (secondary N) is 3. The Kier molecular flexibility index (Phi) is 5.32. The van der Waals surface area contributed by atoms with Crippen LogP contribution in [0, 0.1) is 11.7 Å². The Morgan fingerprint density at radius 2 is 1.95 bits per heavy atom. The molecule has 5 heterocycles. The predicted octanol–water partition coefficient (Wildman–Crippen LogP) is 3.80. The summed E-state index contributed by atoms with van der Waals surface area (Å²) < 4.78 is 16.1. The molecular formula is C27H26FN9O. The van der Waals surface area contributed by atoms with Crippen molar-refractivity contribution < 1.29 is 9.18 Å². The monoisotopic (exact) mass is 511 g/mol. The molecule has 38 heavy (non-hydrogen) atoms. The summed E-state index contributed by atoms with van der Waals surface area (Å²) in [4.78, 5) is 33.7. The fourth-order valence-corrected chi connectivity index (χ4v) is 5.00. The van der Waals surface area contributed by atoms with Crippen molar-refractivity contribution in [2.75, 3.05) is 43.4 Å². The third kappa shape index (κ3) is 3.95. The molecular weight excluding hydrogens is 485 g/mol. The van der Waals surface area contributed by atoms with Gasteiger partial charge in [0.15, 0.2) is 11.6 Å². The first-order valence-corrected chi connectivity index (χ1v) is 12.8.